The van der Waals surface area contributed by atoms with Crippen molar-refractivity contribution in [1.29, 1.82) is 0 Å². The van der Waals surface area contributed by atoms with Crippen LogP contribution in [0.25, 0.3) is 5.57 Å². The normalized spacial score (nSPS) is 36.4. The first-order valence-electron chi connectivity index (χ1n) is 16.2. The number of hydrogen-bond acceptors (Lipinski definition) is 7. The zero-order chi connectivity index (χ0) is 30.9. The molecule has 2 bridgehead atoms. The first-order valence-corrected chi connectivity index (χ1v) is 16.2. The van der Waals surface area contributed by atoms with Gasteiger partial charge < -0.3 is 29.5 Å². The molecule has 5 rings (SSSR count). The number of ether oxygens (including phenoxy) is 3. The largest absolute Gasteiger partial charge is 0.508 e. The molecule has 3 fully saturated rings. The molecule has 0 amide bonds. The summed E-state index contributed by atoms with van der Waals surface area (Å²) in [7, 11) is 0. The van der Waals surface area contributed by atoms with Crippen LogP contribution in [0.2, 0.25) is 0 Å². The first-order chi connectivity index (χ1) is 20.5. The third-order valence-electron chi connectivity index (χ3n) is 10.2. The fourth-order valence-corrected chi connectivity index (χ4v) is 7.51. The van der Waals surface area contributed by atoms with Crippen LogP contribution in [0.4, 0.5) is 0 Å². The SMILES string of the molecule is CC1=CC=CC(C)C(O)C(C)=CCC2CC(CC3(CC(O)C(C)C(C4CCCCC4)O3)O2)OC(=O)c2cc(C)c(O)cc21. The van der Waals surface area contributed by atoms with Crippen LogP contribution in [-0.4, -0.2) is 57.6 Å². The van der Waals surface area contributed by atoms with Gasteiger partial charge in [-0.15, -0.1) is 0 Å². The quantitative estimate of drug-likeness (QED) is 0.243. The molecular weight excluding hydrogens is 544 g/mol. The van der Waals surface area contributed by atoms with Crippen LogP contribution in [0, 0.1) is 24.7 Å². The highest BCUT2D eigenvalue weighted by Gasteiger charge is 2.53. The summed E-state index contributed by atoms with van der Waals surface area (Å²) >= 11 is 0. The van der Waals surface area contributed by atoms with Gasteiger partial charge in [-0.25, -0.2) is 4.79 Å². The molecule has 7 nitrogen and oxygen atoms in total. The molecule has 1 spiro atoms. The van der Waals surface area contributed by atoms with Gasteiger partial charge in [0, 0.05) is 31.1 Å². The molecule has 4 aliphatic rings. The maximum atomic E-state index is 13.8. The summed E-state index contributed by atoms with van der Waals surface area (Å²) in [5.41, 5.74) is 3.23. The van der Waals surface area contributed by atoms with E-state index in [0.29, 0.717) is 48.3 Å². The van der Waals surface area contributed by atoms with Crippen LogP contribution >= 0.6 is 0 Å². The number of carbonyl (C=O) groups is 1. The summed E-state index contributed by atoms with van der Waals surface area (Å²) in [5.74, 6) is -1.17. The zero-order valence-electron chi connectivity index (χ0n) is 26.4. The third kappa shape index (κ3) is 7.11. The number of esters is 1. The summed E-state index contributed by atoms with van der Waals surface area (Å²) in [6, 6.07) is 3.30. The molecule has 2 saturated heterocycles. The molecule has 236 valence electrons. The Kier molecular flexibility index (Phi) is 9.86. The van der Waals surface area contributed by atoms with Crippen molar-refractivity contribution in [3.63, 3.8) is 0 Å². The lowest BCUT2D eigenvalue weighted by Gasteiger charge is -2.53. The summed E-state index contributed by atoms with van der Waals surface area (Å²) < 4.78 is 19.9. The Bertz CT molecular complexity index is 1260. The summed E-state index contributed by atoms with van der Waals surface area (Å²) in [4.78, 5) is 13.8. The number of aliphatic hydroxyl groups is 2. The van der Waals surface area contributed by atoms with E-state index in [9.17, 15) is 20.1 Å². The lowest BCUT2D eigenvalue weighted by molar-refractivity contribution is -0.354. The molecule has 7 heteroatoms. The lowest BCUT2D eigenvalue weighted by Crippen LogP contribution is -2.59. The van der Waals surface area contributed by atoms with Gasteiger partial charge >= 0.3 is 5.97 Å². The van der Waals surface area contributed by atoms with Gasteiger partial charge in [-0.05, 0) is 80.4 Å². The number of aliphatic hydroxyl groups excluding tert-OH is 2. The maximum absolute atomic E-state index is 13.8. The number of allylic oxidation sites excluding steroid dienone is 3. The van der Waals surface area contributed by atoms with Crippen LogP contribution < -0.4 is 0 Å². The second-order valence-electron chi connectivity index (χ2n) is 13.6. The second-order valence-corrected chi connectivity index (χ2v) is 13.6. The molecule has 3 N–H and O–H groups in total. The predicted octanol–water partition coefficient (Wildman–Crippen LogP) is 6.77. The number of aromatic hydroxyl groups is 1. The van der Waals surface area contributed by atoms with Gasteiger partial charge in [-0.3, -0.25) is 0 Å². The van der Waals surface area contributed by atoms with Crippen LogP contribution in [0.3, 0.4) is 0 Å². The Labute approximate surface area is 256 Å². The highest BCUT2D eigenvalue weighted by molar-refractivity contribution is 5.96. The van der Waals surface area contributed by atoms with Crippen molar-refractivity contribution in [3.05, 3.63) is 58.7 Å². The first kappa shape index (κ1) is 32.0. The molecule has 1 aromatic rings. The third-order valence-corrected chi connectivity index (χ3v) is 10.2. The van der Waals surface area contributed by atoms with Crippen LogP contribution in [0.1, 0.15) is 107 Å². The summed E-state index contributed by atoms with van der Waals surface area (Å²) in [6.07, 6.45) is 13.0. The Morgan fingerprint density at radius 1 is 0.930 bits per heavy atom. The molecular formula is C36H50O7. The van der Waals surface area contributed by atoms with Crippen LogP contribution in [-0.2, 0) is 14.2 Å². The van der Waals surface area contributed by atoms with Gasteiger partial charge in [0.15, 0.2) is 5.79 Å². The molecule has 8 atom stereocenters. The predicted molar refractivity (Wildman–Crippen MR) is 166 cm³/mol. The summed E-state index contributed by atoms with van der Waals surface area (Å²) in [6.45, 7) is 9.63. The number of phenols is 1. The van der Waals surface area contributed by atoms with Crippen molar-refractivity contribution in [3.8, 4) is 5.75 Å². The van der Waals surface area contributed by atoms with Crippen LogP contribution in [0.5, 0.6) is 5.75 Å². The molecule has 8 unspecified atom stereocenters. The average Bonchev–Trinajstić information content (AvgIpc) is 2.98. The molecule has 0 radical (unpaired) electrons. The van der Waals surface area contributed by atoms with Gasteiger partial charge in [-0.2, -0.15) is 0 Å². The van der Waals surface area contributed by atoms with Crippen molar-refractivity contribution in [1.82, 2.24) is 0 Å². The van der Waals surface area contributed by atoms with Gasteiger partial charge in [0.1, 0.15) is 11.9 Å². The van der Waals surface area contributed by atoms with E-state index < -0.39 is 30.1 Å². The minimum atomic E-state index is -1.06. The number of phenolic OH excluding ortho intramolecular Hbond substituents is 1. The monoisotopic (exact) mass is 594 g/mol. The standard InChI is InChI=1S/C36H50O7/c1-21-10-9-11-22(2)33(39)23(3)14-15-27-17-28(41-35(40)30-16-24(4)31(37)18-29(21)30)19-36(42-27)20-32(38)25(5)34(43-36)26-12-7-6-8-13-26/h9-11,14,16,18,22,25-28,32-34,37-39H,6-8,12-13,15,17,19-20H2,1-5H3. The molecule has 1 aliphatic carbocycles. The van der Waals surface area contributed by atoms with E-state index >= 15 is 0 Å². The van der Waals surface area contributed by atoms with Gasteiger partial charge in [0.25, 0.3) is 0 Å². The number of fused-ring (bicyclic) bond motifs is 3. The fraction of sp³-hybridized carbons (Fsp3) is 0.639. The average molecular weight is 595 g/mol. The van der Waals surface area contributed by atoms with Gasteiger partial charge in [0.2, 0.25) is 0 Å². The Hall–Kier alpha value is -2.45. The molecule has 1 aromatic carbocycles. The van der Waals surface area contributed by atoms with Crippen molar-refractivity contribution in [2.75, 3.05) is 0 Å². The molecule has 3 aliphatic heterocycles. The molecule has 43 heavy (non-hydrogen) atoms. The number of aryl methyl sites for hydroxylation is 1. The van der Waals surface area contributed by atoms with E-state index in [1.165, 1.54) is 19.3 Å². The van der Waals surface area contributed by atoms with E-state index in [1.54, 1.807) is 19.1 Å². The second kappa shape index (κ2) is 13.3. The van der Waals surface area contributed by atoms with E-state index in [0.717, 1.165) is 24.0 Å². The van der Waals surface area contributed by atoms with E-state index in [2.05, 4.69) is 6.92 Å². The van der Waals surface area contributed by atoms with E-state index in [-0.39, 0.29) is 29.8 Å². The van der Waals surface area contributed by atoms with Crippen molar-refractivity contribution < 1.29 is 34.3 Å². The Morgan fingerprint density at radius 2 is 1.67 bits per heavy atom. The Balaban J connectivity index is 1.52. The smallest absolute Gasteiger partial charge is 0.339 e. The van der Waals surface area contributed by atoms with Crippen molar-refractivity contribution in [2.45, 2.75) is 129 Å². The molecule has 0 aromatic heterocycles. The maximum Gasteiger partial charge on any atom is 0.339 e. The fourth-order valence-electron chi connectivity index (χ4n) is 7.51. The van der Waals surface area contributed by atoms with Crippen LogP contribution in [0.15, 0.2) is 42.0 Å². The lowest BCUT2D eigenvalue weighted by atomic mass is 9.75. The van der Waals surface area contributed by atoms with Gasteiger partial charge in [0.05, 0.1) is 30.0 Å². The topological polar surface area (TPSA) is 105 Å². The highest BCUT2D eigenvalue weighted by atomic mass is 16.7. The Morgan fingerprint density at radius 3 is 2.42 bits per heavy atom. The van der Waals surface area contributed by atoms with Crippen molar-refractivity contribution >= 4 is 11.5 Å². The van der Waals surface area contributed by atoms with E-state index in [4.69, 9.17) is 14.2 Å². The number of rotatable bonds is 1. The minimum absolute atomic E-state index is 0.00614. The number of carbonyl (C=O) groups excluding carboxylic acids is 1. The minimum Gasteiger partial charge on any atom is -0.508 e. The van der Waals surface area contributed by atoms with Crippen molar-refractivity contribution in [2.24, 2.45) is 17.8 Å². The zero-order valence-corrected chi connectivity index (χ0v) is 26.4. The number of benzene rings is 1. The van der Waals surface area contributed by atoms with Gasteiger partial charge in [-0.1, -0.05) is 57.4 Å². The summed E-state index contributed by atoms with van der Waals surface area (Å²) in [5, 5.41) is 32.9. The molecule has 1 saturated carbocycles. The van der Waals surface area contributed by atoms with E-state index in [1.807, 2.05) is 45.1 Å². The molecule has 3 heterocycles. The highest BCUT2D eigenvalue weighted by Crippen LogP contribution is 2.46. The number of hydrogen-bond donors (Lipinski definition) is 3.